The zero-order valence-corrected chi connectivity index (χ0v) is 15.3. The second-order valence-electron chi connectivity index (χ2n) is 6.59. The standard InChI is InChI=1S/C14H23F3N6O.ClH/c1-9(2)11-6-22(5-4-14(15,16)17)7-12(11)18-13(24)8-23-10(3)19-20-21-23;/h9,11-12H,4-8H2,1-3H3,(H,18,24);1H/t11-,12+;/m1./s1. The van der Waals surface area contributed by atoms with Gasteiger partial charge in [0, 0.05) is 25.7 Å². The van der Waals surface area contributed by atoms with E-state index in [1.807, 2.05) is 13.8 Å². The summed E-state index contributed by atoms with van der Waals surface area (Å²) in [5.74, 6) is 0.681. The van der Waals surface area contributed by atoms with E-state index < -0.39 is 12.6 Å². The van der Waals surface area contributed by atoms with Gasteiger partial charge < -0.3 is 10.2 Å². The Morgan fingerprint density at radius 2 is 2.04 bits per heavy atom. The first-order valence-corrected chi connectivity index (χ1v) is 7.97. The van der Waals surface area contributed by atoms with Crippen LogP contribution in [0.1, 0.15) is 26.1 Å². The van der Waals surface area contributed by atoms with Gasteiger partial charge in [0.05, 0.1) is 6.42 Å². The van der Waals surface area contributed by atoms with Crippen molar-refractivity contribution in [1.29, 1.82) is 0 Å². The van der Waals surface area contributed by atoms with Crippen LogP contribution in [0.15, 0.2) is 0 Å². The number of carbonyl (C=O) groups is 1. The maximum Gasteiger partial charge on any atom is 0.390 e. The smallest absolute Gasteiger partial charge is 0.350 e. The summed E-state index contributed by atoms with van der Waals surface area (Å²) >= 11 is 0. The van der Waals surface area contributed by atoms with Crippen LogP contribution in [0.25, 0.3) is 0 Å². The first-order chi connectivity index (χ1) is 11.2. The average molecular weight is 385 g/mol. The number of nitrogens with one attached hydrogen (secondary N) is 1. The van der Waals surface area contributed by atoms with Gasteiger partial charge in [-0.1, -0.05) is 13.8 Å². The molecule has 1 aromatic heterocycles. The van der Waals surface area contributed by atoms with Crippen molar-refractivity contribution in [2.24, 2.45) is 11.8 Å². The van der Waals surface area contributed by atoms with E-state index in [1.54, 1.807) is 11.8 Å². The molecule has 0 aromatic carbocycles. The molecule has 1 saturated heterocycles. The first kappa shape index (κ1) is 21.6. The van der Waals surface area contributed by atoms with Crippen LogP contribution >= 0.6 is 12.4 Å². The van der Waals surface area contributed by atoms with Gasteiger partial charge in [-0.25, -0.2) is 4.68 Å². The molecule has 1 aliphatic heterocycles. The monoisotopic (exact) mass is 384 g/mol. The molecule has 2 heterocycles. The molecule has 1 aliphatic rings. The second-order valence-corrected chi connectivity index (χ2v) is 6.59. The number of halogens is 4. The Labute approximate surface area is 150 Å². The number of tetrazole rings is 1. The second kappa shape index (κ2) is 8.79. The molecule has 0 aliphatic carbocycles. The van der Waals surface area contributed by atoms with Crippen molar-refractivity contribution >= 4 is 18.3 Å². The van der Waals surface area contributed by atoms with Gasteiger partial charge in [-0.2, -0.15) is 13.2 Å². The Balaban J connectivity index is 0.00000312. The molecular formula is C14H24ClF3N6O. The molecule has 1 N–H and O–H groups in total. The Bertz CT molecular complexity index is 565. The maximum absolute atomic E-state index is 12.4. The summed E-state index contributed by atoms with van der Waals surface area (Å²) in [5.41, 5.74) is 0. The molecule has 0 saturated carbocycles. The fraction of sp³-hybridized carbons (Fsp3) is 0.857. The molecule has 2 atom stereocenters. The minimum Gasteiger partial charge on any atom is -0.350 e. The zero-order valence-electron chi connectivity index (χ0n) is 14.5. The number of hydrogen-bond donors (Lipinski definition) is 1. The van der Waals surface area contributed by atoms with Crippen LogP contribution in [0, 0.1) is 18.8 Å². The topological polar surface area (TPSA) is 75.9 Å². The molecule has 1 aromatic rings. The van der Waals surface area contributed by atoms with Gasteiger partial charge in [-0.15, -0.1) is 17.5 Å². The van der Waals surface area contributed by atoms with E-state index in [2.05, 4.69) is 20.8 Å². The third-order valence-electron chi connectivity index (χ3n) is 4.36. The van der Waals surface area contributed by atoms with E-state index in [-0.39, 0.29) is 49.3 Å². The Morgan fingerprint density at radius 3 is 2.56 bits per heavy atom. The quantitative estimate of drug-likeness (QED) is 0.803. The van der Waals surface area contributed by atoms with Crippen LogP contribution in [0.3, 0.4) is 0 Å². The van der Waals surface area contributed by atoms with Crippen LogP contribution in [0.2, 0.25) is 0 Å². The highest BCUT2D eigenvalue weighted by Crippen LogP contribution is 2.27. The van der Waals surface area contributed by atoms with Gasteiger partial charge in [-0.3, -0.25) is 4.79 Å². The van der Waals surface area contributed by atoms with Gasteiger partial charge in [-0.05, 0) is 29.2 Å². The van der Waals surface area contributed by atoms with Crippen molar-refractivity contribution in [3.63, 3.8) is 0 Å². The number of amides is 1. The SMILES string of the molecule is Cc1nnnn1CC(=O)N[C@H]1CN(CCC(F)(F)F)C[C@@H]1C(C)C.Cl. The summed E-state index contributed by atoms with van der Waals surface area (Å²) in [5, 5.41) is 13.8. The van der Waals surface area contributed by atoms with E-state index in [0.717, 1.165) is 0 Å². The molecule has 0 bridgehead atoms. The lowest BCUT2D eigenvalue weighted by atomic mass is 9.91. The molecule has 0 spiro atoms. The number of rotatable bonds is 6. The highest BCUT2D eigenvalue weighted by Gasteiger charge is 2.37. The number of hydrogen-bond acceptors (Lipinski definition) is 5. The fourth-order valence-electron chi connectivity index (χ4n) is 2.99. The molecule has 0 unspecified atom stereocenters. The summed E-state index contributed by atoms with van der Waals surface area (Å²) < 4.78 is 38.6. The molecule has 1 amide bonds. The third kappa shape index (κ3) is 6.43. The molecule has 11 heteroatoms. The molecule has 1 fully saturated rings. The summed E-state index contributed by atoms with van der Waals surface area (Å²) in [6.07, 6.45) is -4.99. The summed E-state index contributed by atoms with van der Waals surface area (Å²) in [6.45, 7) is 6.68. The minimum atomic E-state index is -4.16. The molecule has 7 nitrogen and oxygen atoms in total. The molecular weight excluding hydrogens is 361 g/mol. The Morgan fingerprint density at radius 1 is 1.36 bits per heavy atom. The fourth-order valence-corrected chi connectivity index (χ4v) is 2.99. The minimum absolute atomic E-state index is 0. The number of aromatic nitrogens is 4. The van der Waals surface area contributed by atoms with Gasteiger partial charge in [0.2, 0.25) is 5.91 Å². The Hall–Kier alpha value is -1.42. The predicted octanol–water partition coefficient (Wildman–Crippen LogP) is 1.43. The maximum atomic E-state index is 12.4. The van der Waals surface area contributed by atoms with Crippen molar-refractivity contribution in [2.45, 2.75) is 46.0 Å². The lowest BCUT2D eigenvalue weighted by Gasteiger charge is -2.23. The van der Waals surface area contributed by atoms with E-state index in [0.29, 0.717) is 18.9 Å². The number of aryl methyl sites for hydroxylation is 1. The normalized spacial score (nSPS) is 21.4. The predicted molar refractivity (Wildman–Crippen MR) is 87.2 cm³/mol. The zero-order chi connectivity index (χ0) is 17.9. The number of carbonyl (C=O) groups excluding carboxylic acids is 1. The van der Waals surface area contributed by atoms with Crippen LogP contribution in [0.5, 0.6) is 0 Å². The summed E-state index contributed by atoms with van der Waals surface area (Å²) in [6, 6.07) is -0.164. The van der Waals surface area contributed by atoms with E-state index >= 15 is 0 Å². The average Bonchev–Trinajstić information content (AvgIpc) is 3.03. The first-order valence-electron chi connectivity index (χ1n) is 7.97. The van der Waals surface area contributed by atoms with E-state index in [9.17, 15) is 18.0 Å². The van der Waals surface area contributed by atoms with Crippen LogP contribution in [-0.4, -0.2) is 62.9 Å². The van der Waals surface area contributed by atoms with Crippen LogP contribution in [-0.2, 0) is 11.3 Å². The lowest BCUT2D eigenvalue weighted by Crippen LogP contribution is -2.43. The van der Waals surface area contributed by atoms with Gasteiger partial charge >= 0.3 is 6.18 Å². The van der Waals surface area contributed by atoms with E-state index in [1.165, 1.54) is 4.68 Å². The van der Waals surface area contributed by atoms with Crippen LogP contribution in [0.4, 0.5) is 13.2 Å². The lowest BCUT2D eigenvalue weighted by molar-refractivity contribution is -0.137. The van der Waals surface area contributed by atoms with Crippen molar-refractivity contribution in [3.05, 3.63) is 5.82 Å². The Kier molecular flexibility index (Phi) is 7.61. The molecule has 144 valence electrons. The van der Waals surface area contributed by atoms with Crippen molar-refractivity contribution in [2.75, 3.05) is 19.6 Å². The number of nitrogens with zero attached hydrogens (tertiary/aromatic N) is 5. The number of alkyl halides is 3. The highest BCUT2D eigenvalue weighted by molar-refractivity contribution is 5.85. The van der Waals surface area contributed by atoms with Gasteiger partial charge in [0.1, 0.15) is 12.4 Å². The highest BCUT2D eigenvalue weighted by atomic mass is 35.5. The molecule has 25 heavy (non-hydrogen) atoms. The molecule has 0 radical (unpaired) electrons. The number of likely N-dealkylation sites (tertiary alicyclic amines) is 1. The van der Waals surface area contributed by atoms with Crippen molar-refractivity contribution in [3.8, 4) is 0 Å². The largest absolute Gasteiger partial charge is 0.390 e. The van der Waals surface area contributed by atoms with Crippen molar-refractivity contribution < 1.29 is 18.0 Å². The van der Waals surface area contributed by atoms with Gasteiger partial charge in [0.25, 0.3) is 0 Å². The summed E-state index contributed by atoms with van der Waals surface area (Å²) in [4.78, 5) is 14.0. The van der Waals surface area contributed by atoms with Crippen molar-refractivity contribution in [1.82, 2.24) is 30.4 Å². The van der Waals surface area contributed by atoms with Gasteiger partial charge in [0.15, 0.2) is 0 Å². The summed E-state index contributed by atoms with van der Waals surface area (Å²) in [7, 11) is 0. The third-order valence-corrected chi connectivity index (χ3v) is 4.36. The van der Waals surface area contributed by atoms with E-state index in [4.69, 9.17) is 0 Å². The van der Waals surface area contributed by atoms with Crippen LogP contribution < -0.4 is 5.32 Å². The molecule has 2 rings (SSSR count).